The van der Waals surface area contributed by atoms with Gasteiger partial charge in [-0.15, -0.1) is 10.2 Å². The molecule has 0 atom stereocenters. The van der Waals surface area contributed by atoms with Gasteiger partial charge in [-0.05, 0) is 37.8 Å². The van der Waals surface area contributed by atoms with Gasteiger partial charge in [0.15, 0.2) is 5.16 Å². The van der Waals surface area contributed by atoms with Gasteiger partial charge in [0.05, 0.1) is 18.6 Å². The fourth-order valence-corrected chi connectivity index (χ4v) is 3.87. The van der Waals surface area contributed by atoms with Gasteiger partial charge >= 0.3 is 6.03 Å². The molecule has 27 heavy (non-hydrogen) atoms. The molecule has 1 saturated carbocycles. The zero-order valence-corrected chi connectivity index (χ0v) is 15.7. The minimum Gasteiger partial charge on any atom is -0.467 e. The third kappa shape index (κ3) is 4.44. The molecule has 2 fully saturated rings. The highest BCUT2D eigenvalue weighted by molar-refractivity contribution is 7.99. The lowest BCUT2D eigenvalue weighted by Crippen LogP contribution is -2.39. The molecule has 144 valence electrons. The van der Waals surface area contributed by atoms with E-state index < -0.39 is 6.03 Å². The van der Waals surface area contributed by atoms with Crippen molar-refractivity contribution in [2.75, 3.05) is 23.7 Å². The second-order valence-electron chi connectivity index (χ2n) is 6.68. The van der Waals surface area contributed by atoms with Gasteiger partial charge in [-0.1, -0.05) is 11.8 Å². The monoisotopic (exact) mass is 390 g/mol. The Balaban J connectivity index is 1.29. The number of amides is 3. The first-order chi connectivity index (χ1) is 13.2. The number of urea groups is 1. The molecule has 1 saturated heterocycles. The molecule has 2 aromatic heterocycles. The molecule has 0 aromatic carbocycles. The molecule has 9 nitrogen and oxygen atoms in total. The second-order valence-corrected chi connectivity index (χ2v) is 7.62. The Bertz CT molecular complexity index is 796. The highest BCUT2D eigenvalue weighted by Gasteiger charge is 2.32. The topological polar surface area (TPSA) is 105 Å². The van der Waals surface area contributed by atoms with E-state index >= 15 is 0 Å². The highest BCUT2D eigenvalue weighted by Crippen LogP contribution is 2.41. The molecule has 1 aliphatic carbocycles. The van der Waals surface area contributed by atoms with Crippen LogP contribution >= 0.6 is 11.8 Å². The van der Waals surface area contributed by atoms with E-state index in [1.54, 1.807) is 12.1 Å². The van der Waals surface area contributed by atoms with Crippen LogP contribution < -0.4 is 15.5 Å². The van der Waals surface area contributed by atoms with Gasteiger partial charge in [0.1, 0.15) is 5.76 Å². The third-order valence-electron chi connectivity index (χ3n) is 4.54. The van der Waals surface area contributed by atoms with Gasteiger partial charge in [-0.25, -0.2) is 4.79 Å². The molecule has 3 amide bonds. The number of furan rings is 1. The quantitative estimate of drug-likeness (QED) is 0.696. The number of carbonyl (C=O) groups excluding carboxylic acids is 2. The van der Waals surface area contributed by atoms with Crippen molar-refractivity contribution < 1.29 is 14.0 Å². The maximum absolute atomic E-state index is 12.1. The number of nitrogens with zero attached hydrogens (tertiary/aromatic N) is 4. The van der Waals surface area contributed by atoms with Crippen molar-refractivity contribution >= 4 is 29.6 Å². The van der Waals surface area contributed by atoms with E-state index in [-0.39, 0.29) is 18.2 Å². The molecular weight excluding hydrogens is 368 g/mol. The number of nitrogens with one attached hydrogen (secondary N) is 2. The number of thioether (sulfide) groups is 1. The van der Waals surface area contributed by atoms with Crippen molar-refractivity contribution in [2.24, 2.45) is 0 Å². The summed E-state index contributed by atoms with van der Waals surface area (Å²) in [4.78, 5) is 26.1. The van der Waals surface area contributed by atoms with Crippen LogP contribution in [0.2, 0.25) is 0 Å². The van der Waals surface area contributed by atoms with Crippen molar-refractivity contribution in [1.82, 2.24) is 25.4 Å². The summed E-state index contributed by atoms with van der Waals surface area (Å²) in [7, 11) is 0. The minimum atomic E-state index is -0.543. The number of imide groups is 1. The van der Waals surface area contributed by atoms with Crippen LogP contribution in [0.3, 0.4) is 0 Å². The maximum Gasteiger partial charge on any atom is 0.321 e. The van der Waals surface area contributed by atoms with Crippen molar-refractivity contribution in [2.45, 2.75) is 43.4 Å². The molecule has 1 aliphatic heterocycles. The summed E-state index contributed by atoms with van der Waals surface area (Å²) in [6.07, 6.45) is 6.12. The average Bonchev–Trinajstić information content (AvgIpc) is 3.11. The van der Waals surface area contributed by atoms with E-state index in [2.05, 4.69) is 30.3 Å². The van der Waals surface area contributed by atoms with Crippen LogP contribution in [0.15, 0.2) is 28.0 Å². The fraction of sp³-hybridized carbons (Fsp3) is 0.529. The van der Waals surface area contributed by atoms with Crippen LogP contribution in [-0.4, -0.2) is 45.5 Å². The van der Waals surface area contributed by atoms with E-state index in [1.807, 2.05) is 0 Å². The second kappa shape index (κ2) is 8.03. The van der Waals surface area contributed by atoms with Crippen LogP contribution in [0.5, 0.6) is 0 Å². The molecule has 2 aromatic rings. The number of anilines is 1. The summed E-state index contributed by atoms with van der Waals surface area (Å²) in [6.45, 7) is 2.24. The predicted octanol–water partition coefficient (Wildman–Crippen LogP) is 1.92. The van der Waals surface area contributed by atoms with Gasteiger partial charge < -0.3 is 14.6 Å². The highest BCUT2D eigenvalue weighted by atomic mass is 32.2. The van der Waals surface area contributed by atoms with E-state index in [9.17, 15) is 9.59 Å². The normalized spacial score (nSPS) is 16.5. The summed E-state index contributed by atoms with van der Waals surface area (Å²) in [5.41, 5.74) is 0. The van der Waals surface area contributed by atoms with E-state index in [4.69, 9.17) is 4.42 Å². The first kappa shape index (κ1) is 17.9. The van der Waals surface area contributed by atoms with Crippen LogP contribution in [-0.2, 0) is 11.3 Å². The molecular formula is C17H22N6O3S. The van der Waals surface area contributed by atoms with Gasteiger partial charge in [-0.3, -0.25) is 14.7 Å². The van der Waals surface area contributed by atoms with Gasteiger partial charge in [0, 0.05) is 19.1 Å². The third-order valence-corrected chi connectivity index (χ3v) is 5.48. The molecule has 4 rings (SSSR count). The Morgan fingerprint density at radius 1 is 1.26 bits per heavy atom. The number of carbonyl (C=O) groups is 2. The standard InChI is InChI=1S/C17H22N6O3S/c24-14(19-15(25)18-10-13-4-3-9-26-13)11-27-17-21-20-16(22-7-1-2-8-22)23(17)12-5-6-12/h3-4,9,12H,1-2,5-8,10-11H2,(H2,18,19,24,25). The maximum atomic E-state index is 12.1. The Hall–Kier alpha value is -2.49. The number of rotatable bonds is 7. The minimum absolute atomic E-state index is 0.110. The first-order valence-corrected chi connectivity index (χ1v) is 10.1. The number of aromatic nitrogens is 3. The SMILES string of the molecule is O=C(CSc1nnc(N2CCCC2)n1C1CC1)NC(=O)NCc1ccco1. The number of hydrogen-bond donors (Lipinski definition) is 2. The smallest absolute Gasteiger partial charge is 0.321 e. The van der Waals surface area contributed by atoms with E-state index in [0.717, 1.165) is 37.0 Å². The van der Waals surface area contributed by atoms with E-state index in [1.165, 1.54) is 30.9 Å². The Morgan fingerprint density at radius 2 is 2.07 bits per heavy atom. The summed E-state index contributed by atoms with van der Waals surface area (Å²) in [5, 5.41) is 14.3. The van der Waals surface area contributed by atoms with Crippen molar-refractivity contribution in [3.8, 4) is 0 Å². The van der Waals surface area contributed by atoms with Gasteiger partial charge in [0.2, 0.25) is 11.9 Å². The molecule has 10 heteroatoms. The Labute approximate surface area is 160 Å². The van der Waals surface area contributed by atoms with Gasteiger partial charge in [-0.2, -0.15) is 0 Å². The lowest BCUT2D eigenvalue weighted by Gasteiger charge is -2.17. The zero-order chi connectivity index (χ0) is 18.6. The molecule has 3 heterocycles. The number of hydrogen-bond acceptors (Lipinski definition) is 7. The van der Waals surface area contributed by atoms with Crippen molar-refractivity contribution in [3.63, 3.8) is 0 Å². The fourth-order valence-electron chi connectivity index (χ4n) is 3.07. The summed E-state index contributed by atoms with van der Waals surface area (Å²) < 4.78 is 7.28. The Morgan fingerprint density at radius 3 is 2.78 bits per heavy atom. The largest absolute Gasteiger partial charge is 0.467 e. The summed E-state index contributed by atoms with van der Waals surface area (Å²) in [5.74, 6) is 1.28. The van der Waals surface area contributed by atoms with Crippen molar-refractivity contribution in [3.05, 3.63) is 24.2 Å². The predicted molar refractivity (Wildman–Crippen MR) is 99.6 cm³/mol. The van der Waals surface area contributed by atoms with Crippen LogP contribution in [0, 0.1) is 0 Å². The van der Waals surface area contributed by atoms with Crippen LogP contribution in [0.25, 0.3) is 0 Å². The van der Waals surface area contributed by atoms with Crippen LogP contribution in [0.1, 0.15) is 37.5 Å². The van der Waals surface area contributed by atoms with Crippen molar-refractivity contribution in [1.29, 1.82) is 0 Å². The summed E-state index contributed by atoms with van der Waals surface area (Å²) in [6, 6.07) is 3.38. The van der Waals surface area contributed by atoms with Crippen LogP contribution in [0.4, 0.5) is 10.7 Å². The lowest BCUT2D eigenvalue weighted by atomic mass is 10.4. The molecule has 2 N–H and O–H groups in total. The molecule has 0 bridgehead atoms. The van der Waals surface area contributed by atoms with Gasteiger partial charge in [0.25, 0.3) is 0 Å². The molecule has 0 unspecified atom stereocenters. The lowest BCUT2D eigenvalue weighted by molar-refractivity contribution is -0.117. The molecule has 0 spiro atoms. The summed E-state index contributed by atoms with van der Waals surface area (Å²) >= 11 is 1.31. The first-order valence-electron chi connectivity index (χ1n) is 9.13. The molecule has 2 aliphatic rings. The molecule has 0 radical (unpaired) electrons. The zero-order valence-electron chi connectivity index (χ0n) is 14.9. The van der Waals surface area contributed by atoms with E-state index in [0.29, 0.717) is 11.8 Å². The average molecular weight is 390 g/mol. The Kier molecular flexibility index (Phi) is 5.33.